The van der Waals surface area contributed by atoms with E-state index >= 15 is 0 Å². The van der Waals surface area contributed by atoms with Crippen LogP contribution in [0.15, 0.2) is 22.7 Å². The lowest BCUT2D eigenvalue weighted by Gasteiger charge is -2.00. The van der Waals surface area contributed by atoms with E-state index in [1.165, 1.54) is 19.1 Å². The highest BCUT2D eigenvalue weighted by atomic mass is 19.1. The van der Waals surface area contributed by atoms with Crippen molar-refractivity contribution in [3.8, 4) is 11.4 Å². The van der Waals surface area contributed by atoms with Crippen molar-refractivity contribution < 1.29 is 13.7 Å². The Morgan fingerprint density at radius 3 is 2.78 bits per heavy atom. The van der Waals surface area contributed by atoms with E-state index in [0.29, 0.717) is 11.4 Å². The van der Waals surface area contributed by atoms with Crippen LogP contribution in [0.25, 0.3) is 11.4 Å². The van der Waals surface area contributed by atoms with Gasteiger partial charge in [-0.1, -0.05) is 5.16 Å². The topological polar surface area (TPSA) is 56.0 Å². The highest BCUT2D eigenvalue weighted by Gasteiger charge is 2.19. The average molecular weight is 248 g/mol. The fourth-order valence-corrected chi connectivity index (χ4v) is 1.57. The first-order chi connectivity index (χ1) is 8.49. The summed E-state index contributed by atoms with van der Waals surface area (Å²) in [7, 11) is 0. The predicted molar refractivity (Wildman–Crippen MR) is 63.5 cm³/mol. The fourth-order valence-electron chi connectivity index (χ4n) is 1.57. The van der Waals surface area contributed by atoms with Gasteiger partial charge in [-0.25, -0.2) is 4.39 Å². The third-order valence-electron chi connectivity index (χ3n) is 2.85. The minimum absolute atomic E-state index is 0.0407. The number of halogens is 1. The molecule has 94 valence electrons. The van der Waals surface area contributed by atoms with Gasteiger partial charge in [0, 0.05) is 5.56 Å². The summed E-state index contributed by atoms with van der Waals surface area (Å²) < 4.78 is 18.0. The van der Waals surface area contributed by atoms with Crippen molar-refractivity contribution in [3.63, 3.8) is 0 Å². The molecule has 0 fully saturated rings. The Hall–Kier alpha value is -2.04. The van der Waals surface area contributed by atoms with Gasteiger partial charge in [0.2, 0.25) is 11.7 Å². The van der Waals surface area contributed by atoms with Crippen molar-refractivity contribution in [3.05, 3.63) is 35.5 Å². The van der Waals surface area contributed by atoms with Gasteiger partial charge in [-0.3, -0.25) is 4.79 Å². The van der Waals surface area contributed by atoms with Crippen LogP contribution in [-0.2, 0) is 4.79 Å². The van der Waals surface area contributed by atoms with Crippen LogP contribution in [0.2, 0.25) is 0 Å². The highest BCUT2D eigenvalue weighted by molar-refractivity contribution is 5.81. The number of benzene rings is 1. The van der Waals surface area contributed by atoms with Gasteiger partial charge >= 0.3 is 0 Å². The quantitative estimate of drug-likeness (QED) is 0.838. The molecule has 2 rings (SSSR count). The summed E-state index contributed by atoms with van der Waals surface area (Å²) in [6, 6.07) is 4.34. The number of nitrogens with zero attached hydrogens (tertiary/aromatic N) is 2. The Kier molecular flexibility index (Phi) is 3.23. The van der Waals surface area contributed by atoms with Gasteiger partial charge in [0.1, 0.15) is 11.6 Å². The summed E-state index contributed by atoms with van der Waals surface area (Å²) in [5, 5.41) is 3.82. The highest BCUT2D eigenvalue weighted by Crippen LogP contribution is 2.23. The third kappa shape index (κ3) is 2.30. The van der Waals surface area contributed by atoms with Gasteiger partial charge in [0.15, 0.2) is 0 Å². The molecule has 0 N–H and O–H groups in total. The Labute approximate surface area is 104 Å². The van der Waals surface area contributed by atoms with E-state index < -0.39 is 5.92 Å². The molecule has 0 amide bonds. The molecule has 1 heterocycles. The Bertz CT molecular complexity index is 592. The summed E-state index contributed by atoms with van der Waals surface area (Å²) >= 11 is 0. The van der Waals surface area contributed by atoms with Gasteiger partial charge in [-0.05, 0) is 44.5 Å². The van der Waals surface area contributed by atoms with Crippen molar-refractivity contribution in [2.24, 2.45) is 0 Å². The molecule has 0 aliphatic carbocycles. The van der Waals surface area contributed by atoms with Crippen LogP contribution in [0.3, 0.4) is 0 Å². The van der Waals surface area contributed by atoms with Crippen LogP contribution < -0.4 is 0 Å². The van der Waals surface area contributed by atoms with Crippen molar-refractivity contribution >= 4 is 5.78 Å². The minimum atomic E-state index is -0.424. The summed E-state index contributed by atoms with van der Waals surface area (Å²) in [5.74, 6) is -0.123. The summed E-state index contributed by atoms with van der Waals surface area (Å²) in [5.41, 5.74) is 1.42. The Balaban J connectivity index is 2.38. The molecule has 0 saturated heterocycles. The average Bonchev–Trinajstić information content (AvgIpc) is 2.77. The maximum absolute atomic E-state index is 13.0. The number of rotatable bonds is 3. The lowest BCUT2D eigenvalue weighted by Crippen LogP contribution is -2.04. The number of hydrogen-bond donors (Lipinski definition) is 0. The molecule has 1 aromatic carbocycles. The molecular formula is C13H13FN2O2. The monoisotopic (exact) mass is 248 g/mol. The van der Waals surface area contributed by atoms with E-state index in [1.807, 2.05) is 0 Å². The maximum atomic E-state index is 13.0. The fraction of sp³-hybridized carbons (Fsp3) is 0.308. The molecular weight excluding hydrogens is 235 g/mol. The van der Waals surface area contributed by atoms with E-state index in [2.05, 4.69) is 10.1 Å². The number of ketones is 1. The van der Waals surface area contributed by atoms with Gasteiger partial charge in [0.05, 0.1) is 5.92 Å². The van der Waals surface area contributed by atoms with Gasteiger partial charge in [-0.15, -0.1) is 0 Å². The van der Waals surface area contributed by atoms with Crippen LogP contribution in [0.5, 0.6) is 0 Å². The molecule has 0 aliphatic rings. The van der Waals surface area contributed by atoms with Crippen molar-refractivity contribution in [2.75, 3.05) is 0 Å². The third-order valence-corrected chi connectivity index (χ3v) is 2.85. The number of carbonyl (C=O) groups is 1. The van der Waals surface area contributed by atoms with Crippen LogP contribution in [-0.4, -0.2) is 15.9 Å². The zero-order chi connectivity index (χ0) is 13.3. The van der Waals surface area contributed by atoms with Crippen LogP contribution in [0, 0.1) is 12.7 Å². The first kappa shape index (κ1) is 12.4. The summed E-state index contributed by atoms with van der Waals surface area (Å²) in [6.45, 7) is 4.94. The lowest BCUT2D eigenvalue weighted by atomic mass is 10.1. The predicted octanol–water partition coefficient (Wildman–Crippen LogP) is 2.88. The molecule has 5 heteroatoms. The van der Waals surface area contributed by atoms with Crippen molar-refractivity contribution in [2.45, 2.75) is 26.7 Å². The van der Waals surface area contributed by atoms with E-state index in [-0.39, 0.29) is 17.5 Å². The van der Waals surface area contributed by atoms with Crippen LogP contribution in [0.4, 0.5) is 4.39 Å². The molecule has 2 aromatic rings. The molecule has 1 atom stereocenters. The van der Waals surface area contributed by atoms with E-state index in [4.69, 9.17) is 4.52 Å². The molecule has 0 radical (unpaired) electrons. The number of hydrogen-bond acceptors (Lipinski definition) is 4. The molecule has 0 aliphatic heterocycles. The minimum Gasteiger partial charge on any atom is -0.338 e. The largest absolute Gasteiger partial charge is 0.338 e. The summed E-state index contributed by atoms with van der Waals surface area (Å²) in [6.07, 6.45) is 0. The van der Waals surface area contributed by atoms with E-state index in [0.717, 1.165) is 5.56 Å². The number of carbonyl (C=O) groups excluding carboxylic acids is 1. The van der Waals surface area contributed by atoms with Crippen LogP contribution in [0.1, 0.15) is 31.2 Å². The number of aryl methyl sites for hydroxylation is 1. The van der Waals surface area contributed by atoms with Crippen molar-refractivity contribution in [1.82, 2.24) is 10.1 Å². The van der Waals surface area contributed by atoms with Gasteiger partial charge in [-0.2, -0.15) is 4.98 Å². The second-order valence-corrected chi connectivity index (χ2v) is 4.25. The van der Waals surface area contributed by atoms with Crippen molar-refractivity contribution in [1.29, 1.82) is 0 Å². The normalized spacial score (nSPS) is 12.4. The number of Topliss-reactive ketones (excluding diaryl/α,β-unsaturated/α-hetero) is 1. The lowest BCUT2D eigenvalue weighted by molar-refractivity contribution is -0.118. The zero-order valence-corrected chi connectivity index (χ0v) is 10.4. The second kappa shape index (κ2) is 4.68. The first-order valence-electron chi connectivity index (χ1n) is 5.59. The Morgan fingerprint density at radius 2 is 2.17 bits per heavy atom. The molecule has 4 nitrogen and oxygen atoms in total. The standard InChI is InChI=1S/C13H13FN2O2/c1-7-6-10(14)4-5-11(7)12-15-13(18-16-12)8(2)9(3)17/h4-6,8H,1-3H3. The van der Waals surface area contributed by atoms with Gasteiger partial charge < -0.3 is 4.52 Å². The maximum Gasteiger partial charge on any atom is 0.237 e. The molecule has 0 bridgehead atoms. The smallest absolute Gasteiger partial charge is 0.237 e. The van der Waals surface area contributed by atoms with E-state index in [1.54, 1.807) is 19.9 Å². The molecule has 0 spiro atoms. The van der Waals surface area contributed by atoms with Crippen LogP contribution >= 0.6 is 0 Å². The molecule has 18 heavy (non-hydrogen) atoms. The number of aromatic nitrogens is 2. The zero-order valence-electron chi connectivity index (χ0n) is 10.4. The van der Waals surface area contributed by atoms with Gasteiger partial charge in [0.25, 0.3) is 0 Å². The molecule has 0 saturated carbocycles. The Morgan fingerprint density at radius 1 is 1.44 bits per heavy atom. The SMILES string of the molecule is CC(=O)C(C)c1nc(-c2ccc(F)cc2C)no1. The van der Waals surface area contributed by atoms with E-state index in [9.17, 15) is 9.18 Å². The second-order valence-electron chi connectivity index (χ2n) is 4.25. The summed E-state index contributed by atoms with van der Waals surface area (Å²) in [4.78, 5) is 15.4. The molecule has 1 aromatic heterocycles. The first-order valence-corrected chi connectivity index (χ1v) is 5.59. The molecule has 1 unspecified atom stereocenters.